The summed E-state index contributed by atoms with van der Waals surface area (Å²) >= 11 is 0. The van der Waals surface area contributed by atoms with Gasteiger partial charge in [0.1, 0.15) is 0 Å². The summed E-state index contributed by atoms with van der Waals surface area (Å²) in [4.78, 5) is 11.3. The fourth-order valence-electron chi connectivity index (χ4n) is 1.00. The number of methoxy groups -OCH3 is 1. The minimum absolute atomic E-state index is 0.162. The molecule has 0 saturated heterocycles. The van der Waals surface area contributed by atoms with Crippen LogP contribution in [0.3, 0.4) is 0 Å². The lowest BCUT2D eigenvalue weighted by atomic mass is 10.5. The number of nitrogens with zero attached hydrogens (tertiary/aromatic N) is 1. The van der Waals surface area contributed by atoms with Gasteiger partial charge in [0.15, 0.2) is 0 Å². The molecular formula is C9H20N2O4S. The number of likely N-dealkylation sites (N-methyl/N-ethyl adjacent to an activating group) is 1. The fraction of sp³-hybridized carbons (Fsp3) is 0.889. The molecule has 16 heavy (non-hydrogen) atoms. The maximum Gasteiger partial charge on any atom is 0.235 e. The molecule has 0 aliphatic carbocycles. The topological polar surface area (TPSA) is 75.7 Å². The van der Waals surface area contributed by atoms with Gasteiger partial charge in [-0.2, -0.15) is 4.31 Å². The van der Waals surface area contributed by atoms with Crippen LogP contribution in [-0.2, 0) is 19.6 Å². The number of hydrogen-bond acceptors (Lipinski definition) is 4. The molecule has 0 unspecified atom stereocenters. The summed E-state index contributed by atoms with van der Waals surface area (Å²) in [5, 5.41) is 2.03. The van der Waals surface area contributed by atoms with E-state index in [1.807, 2.05) is 0 Å². The van der Waals surface area contributed by atoms with Crippen molar-refractivity contribution in [2.45, 2.75) is 19.1 Å². The van der Waals surface area contributed by atoms with Gasteiger partial charge in [-0.25, -0.2) is 8.42 Å². The van der Waals surface area contributed by atoms with E-state index in [4.69, 9.17) is 4.74 Å². The third kappa shape index (κ3) is 4.91. The third-order valence-corrected chi connectivity index (χ3v) is 4.21. The minimum Gasteiger partial charge on any atom is -0.383 e. The molecular weight excluding hydrogens is 232 g/mol. The maximum absolute atomic E-state index is 11.6. The predicted octanol–water partition coefficient (Wildman–Crippen LogP) is -0.581. The van der Waals surface area contributed by atoms with Crippen LogP contribution in [-0.4, -0.2) is 57.7 Å². The molecule has 0 aromatic rings. The highest BCUT2D eigenvalue weighted by Gasteiger charge is 2.23. The largest absolute Gasteiger partial charge is 0.383 e. The van der Waals surface area contributed by atoms with Gasteiger partial charge < -0.3 is 10.1 Å². The molecule has 0 atom stereocenters. The van der Waals surface area contributed by atoms with Gasteiger partial charge in [-0.3, -0.25) is 4.79 Å². The highest BCUT2D eigenvalue weighted by atomic mass is 32.2. The second-order valence-corrected chi connectivity index (χ2v) is 6.29. The van der Waals surface area contributed by atoms with E-state index in [1.165, 1.54) is 14.2 Å². The van der Waals surface area contributed by atoms with E-state index in [0.29, 0.717) is 13.2 Å². The molecule has 1 N–H and O–H groups in total. The molecule has 0 aromatic carbocycles. The van der Waals surface area contributed by atoms with Gasteiger partial charge in [0.05, 0.1) is 18.4 Å². The second-order valence-electron chi connectivity index (χ2n) is 3.69. The Hall–Kier alpha value is -0.660. The van der Waals surface area contributed by atoms with E-state index < -0.39 is 15.3 Å². The van der Waals surface area contributed by atoms with Gasteiger partial charge >= 0.3 is 0 Å². The maximum atomic E-state index is 11.6. The van der Waals surface area contributed by atoms with E-state index >= 15 is 0 Å². The van der Waals surface area contributed by atoms with Crippen LogP contribution in [0, 0.1) is 0 Å². The molecule has 0 bridgehead atoms. The van der Waals surface area contributed by atoms with Crippen molar-refractivity contribution in [2.24, 2.45) is 0 Å². The van der Waals surface area contributed by atoms with Crippen molar-refractivity contribution in [1.29, 1.82) is 0 Å². The first-order valence-corrected chi connectivity index (χ1v) is 6.53. The molecule has 0 saturated carbocycles. The van der Waals surface area contributed by atoms with Gasteiger partial charge in [0.25, 0.3) is 0 Å². The second kappa shape index (κ2) is 6.82. The molecule has 0 fully saturated rings. The summed E-state index contributed by atoms with van der Waals surface area (Å²) < 4.78 is 29.0. The molecule has 0 spiro atoms. The van der Waals surface area contributed by atoms with Crippen molar-refractivity contribution < 1.29 is 17.9 Å². The molecule has 96 valence electrons. The lowest BCUT2D eigenvalue weighted by Crippen LogP contribution is -2.41. The van der Waals surface area contributed by atoms with Crippen LogP contribution in [0.4, 0.5) is 0 Å². The lowest BCUT2D eigenvalue weighted by Gasteiger charge is -2.19. The van der Waals surface area contributed by atoms with Crippen LogP contribution in [0.25, 0.3) is 0 Å². The zero-order valence-corrected chi connectivity index (χ0v) is 11.0. The Morgan fingerprint density at radius 1 is 1.44 bits per heavy atom. The smallest absolute Gasteiger partial charge is 0.235 e. The summed E-state index contributed by atoms with van der Waals surface area (Å²) in [7, 11) is -0.438. The summed E-state index contributed by atoms with van der Waals surface area (Å²) in [6.07, 6.45) is 0. The molecule has 0 aliphatic rings. The average Bonchev–Trinajstić information content (AvgIpc) is 2.17. The minimum atomic E-state index is -3.36. The molecule has 0 radical (unpaired) electrons. The number of amides is 1. The van der Waals surface area contributed by atoms with Gasteiger partial charge in [0.2, 0.25) is 15.9 Å². The van der Waals surface area contributed by atoms with Crippen LogP contribution in [0.15, 0.2) is 0 Å². The van der Waals surface area contributed by atoms with Crippen molar-refractivity contribution in [3.8, 4) is 0 Å². The van der Waals surface area contributed by atoms with Crippen molar-refractivity contribution in [2.75, 3.05) is 33.9 Å². The Morgan fingerprint density at radius 3 is 2.44 bits per heavy atom. The van der Waals surface area contributed by atoms with Gasteiger partial charge in [-0.15, -0.1) is 0 Å². The number of ether oxygens (including phenoxy) is 1. The highest BCUT2D eigenvalue weighted by Crippen LogP contribution is 2.04. The van der Waals surface area contributed by atoms with Crippen LogP contribution >= 0.6 is 0 Å². The average molecular weight is 252 g/mol. The lowest BCUT2D eigenvalue weighted by molar-refractivity contribution is -0.121. The summed E-state index contributed by atoms with van der Waals surface area (Å²) in [5.74, 6) is -0.330. The molecule has 0 rings (SSSR count). The number of carbonyl (C=O) groups excluding carboxylic acids is 1. The first-order valence-electron chi connectivity index (χ1n) is 5.03. The zero-order valence-electron chi connectivity index (χ0n) is 10.2. The number of rotatable bonds is 7. The number of carbonyl (C=O) groups is 1. The SMILES string of the molecule is COCCNC(=O)CN(C)S(=O)(=O)C(C)C. The van der Waals surface area contributed by atoms with Crippen molar-refractivity contribution in [1.82, 2.24) is 9.62 Å². The van der Waals surface area contributed by atoms with Crippen molar-refractivity contribution >= 4 is 15.9 Å². The first-order chi connectivity index (χ1) is 7.32. The van der Waals surface area contributed by atoms with E-state index in [2.05, 4.69) is 5.32 Å². The predicted molar refractivity (Wildman–Crippen MR) is 61.6 cm³/mol. The van der Waals surface area contributed by atoms with Crippen LogP contribution < -0.4 is 5.32 Å². The van der Waals surface area contributed by atoms with Crippen LogP contribution in [0.5, 0.6) is 0 Å². The number of hydrogen-bond donors (Lipinski definition) is 1. The Labute approximate surface area is 97.0 Å². The van der Waals surface area contributed by atoms with E-state index in [1.54, 1.807) is 13.8 Å². The molecule has 7 heteroatoms. The van der Waals surface area contributed by atoms with Crippen LogP contribution in [0.1, 0.15) is 13.8 Å². The number of sulfonamides is 1. The molecule has 0 aromatic heterocycles. The van der Waals surface area contributed by atoms with Crippen molar-refractivity contribution in [3.05, 3.63) is 0 Å². The van der Waals surface area contributed by atoms with Crippen LogP contribution in [0.2, 0.25) is 0 Å². The molecule has 1 amide bonds. The summed E-state index contributed by atoms with van der Waals surface area (Å²) in [6, 6.07) is 0. The van der Waals surface area contributed by atoms with Gasteiger partial charge in [-0.05, 0) is 13.8 Å². The highest BCUT2D eigenvalue weighted by molar-refractivity contribution is 7.89. The third-order valence-electron chi connectivity index (χ3n) is 2.02. The summed E-state index contributed by atoms with van der Waals surface area (Å²) in [5.41, 5.74) is 0. The van der Waals surface area contributed by atoms with E-state index in [0.717, 1.165) is 4.31 Å². The fourth-order valence-corrected chi connectivity index (χ4v) is 2.02. The Bertz CT molecular complexity index is 313. The zero-order chi connectivity index (χ0) is 12.8. The molecule has 6 nitrogen and oxygen atoms in total. The normalized spacial score (nSPS) is 12.1. The number of nitrogens with one attached hydrogen (secondary N) is 1. The van der Waals surface area contributed by atoms with E-state index in [9.17, 15) is 13.2 Å². The van der Waals surface area contributed by atoms with Crippen molar-refractivity contribution in [3.63, 3.8) is 0 Å². The van der Waals surface area contributed by atoms with Gasteiger partial charge in [0, 0.05) is 20.7 Å². The molecule has 0 aliphatic heterocycles. The summed E-state index contributed by atoms with van der Waals surface area (Å²) in [6.45, 7) is 3.78. The Kier molecular flexibility index (Phi) is 6.54. The van der Waals surface area contributed by atoms with E-state index in [-0.39, 0.29) is 12.5 Å². The first kappa shape index (κ1) is 15.3. The quantitative estimate of drug-likeness (QED) is 0.615. The van der Waals surface area contributed by atoms with Gasteiger partial charge in [-0.1, -0.05) is 0 Å². The monoisotopic (exact) mass is 252 g/mol. The standard InChI is InChI=1S/C9H20N2O4S/c1-8(2)16(13,14)11(3)7-9(12)10-5-6-15-4/h8H,5-7H2,1-4H3,(H,10,12). The Morgan fingerprint density at radius 2 is 2.00 bits per heavy atom. The molecule has 0 heterocycles. The Balaban J connectivity index is 4.15.